The highest BCUT2D eigenvalue weighted by molar-refractivity contribution is 6.05. The fourth-order valence-corrected chi connectivity index (χ4v) is 2.54. The largest absolute Gasteiger partial charge is 0.336 e. The lowest BCUT2D eigenvalue weighted by Gasteiger charge is -2.26. The summed E-state index contributed by atoms with van der Waals surface area (Å²) in [5.74, 6) is 1.35. The molecule has 2 heterocycles. The number of carbonyl (C=O) groups is 2. The molecular formula is C12H15N3O2. The van der Waals surface area contributed by atoms with Crippen LogP contribution in [0.2, 0.25) is 0 Å². The van der Waals surface area contributed by atoms with Crippen molar-refractivity contribution in [2.75, 3.05) is 6.54 Å². The highest BCUT2D eigenvalue weighted by Gasteiger charge is 2.43. The van der Waals surface area contributed by atoms with Gasteiger partial charge in [-0.2, -0.15) is 0 Å². The van der Waals surface area contributed by atoms with Gasteiger partial charge in [0.1, 0.15) is 5.82 Å². The monoisotopic (exact) mass is 233 g/mol. The van der Waals surface area contributed by atoms with E-state index in [-0.39, 0.29) is 30.7 Å². The normalized spacial score (nSPS) is 22.3. The number of rotatable bonds is 3. The molecule has 1 saturated carbocycles. The maximum absolute atomic E-state index is 11.8. The molecule has 3 rings (SSSR count). The lowest BCUT2D eigenvalue weighted by molar-refractivity contribution is -0.130. The van der Waals surface area contributed by atoms with E-state index >= 15 is 0 Å². The van der Waals surface area contributed by atoms with Crippen molar-refractivity contribution in [3.63, 3.8) is 0 Å². The highest BCUT2D eigenvalue weighted by Crippen LogP contribution is 2.44. The average molecular weight is 233 g/mol. The maximum atomic E-state index is 11.8. The number of likely N-dealkylation sites (tertiary alicyclic amines) is 1. The van der Waals surface area contributed by atoms with E-state index in [4.69, 9.17) is 0 Å². The number of Topliss-reactive ketones (excluding diaryl/α,β-unsaturated/α-hetero) is 1. The van der Waals surface area contributed by atoms with Gasteiger partial charge in [0.2, 0.25) is 5.91 Å². The minimum atomic E-state index is -0.0464. The Labute approximate surface area is 99.4 Å². The van der Waals surface area contributed by atoms with Crippen LogP contribution in [0.25, 0.3) is 0 Å². The molecule has 0 aromatic carbocycles. The minimum absolute atomic E-state index is 0.00560. The first kappa shape index (κ1) is 10.5. The molecule has 0 spiro atoms. The average Bonchev–Trinajstić information content (AvgIpc) is 2.93. The van der Waals surface area contributed by atoms with Crippen LogP contribution in [-0.2, 0) is 16.6 Å². The molecule has 5 nitrogen and oxygen atoms in total. The van der Waals surface area contributed by atoms with E-state index in [1.165, 1.54) is 0 Å². The molecule has 1 aromatic rings. The van der Waals surface area contributed by atoms with E-state index in [2.05, 4.69) is 4.98 Å². The Morgan fingerprint density at radius 3 is 2.65 bits per heavy atom. The minimum Gasteiger partial charge on any atom is -0.336 e. The Morgan fingerprint density at radius 1 is 1.41 bits per heavy atom. The molecule has 2 aliphatic rings. The lowest BCUT2D eigenvalue weighted by Crippen LogP contribution is -2.33. The van der Waals surface area contributed by atoms with Crippen molar-refractivity contribution in [3.8, 4) is 0 Å². The van der Waals surface area contributed by atoms with Crippen molar-refractivity contribution in [1.29, 1.82) is 0 Å². The summed E-state index contributed by atoms with van der Waals surface area (Å²) >= 11 is 0. The van der Waals surface area contributed by atoms with Crippen molar-refractivity contribution < 1.29 is 9.59 Å². The predicted octanol–water partition coefficient (Wildman–Crippen LogP) is 0.673. The van der Waals surface area contributed by atoms with Gasteiger partial charge in [0.25, 0.3) is 0 Å². The molecule has 17 heavy (non-hydrogen) atoms. The highest BCUT2D eigenvalue weighted by atomic mass is 16.2. The molecule has 1 amide bonds. The standard InChI is InChI=1S/C12H15N3O2/c1-14-5-4-13-12(14)11(8-2-3-8)15-7-9(16)6-10(15)17/h4-5,8,11H,2-3,6-7H2,1H3. The van der Waals surface area contributed by atoms with Crippen molar-refractivity contribution in [1.82, 2.24) is 14.5 Å². The Morgan fingerprint density at radius 2 is 2.18 bits per heavy atom. The van der Waals surface area contributed by atoms with Gasteiger partial charge in [-0.25, -0.2) is 4.98 Å². The number of amides is 1. The van der Waals surface area contributed by atoms with E-state index in [1.807, 2.05) is 17.8 Å². The van der Waals surface area contributed by atoms with Crippen LogP contribution in [0.5, 0.6) is 0 Å². The number of hydrogen-bond donors (Lipinski definition) is 0. The third-order valence-electron chi connectivity index (χ3n) is 3.54. The topological polar surface area (TPSA) is 55.2 Å². The van der Waals surface area contributed by atoms with E-state index in [1.54, 1.807) is 11.1 Å². The van der Waals surface area contributed by atoms with Gasteiger partial charge >= 0.3 is 0 Å². The van der Waals surface area contributed by atoms with E-state index in [0.29, 0.717) is 5.92 Å². The molecule has 0 radical (unpaired) electrons. The number of aryl methyl sites for hydroxylation is 1. The molecule has 0 bridgehead atoms. The number of ketones is 1. The van der Waals surface area contributed by atoms with Gasteiger partial charge in [-0.05, 0) is 18.8 Å². The smallest absolute Gasteiger partial charge is 0.231 e. The van der Waals surface area contributed by atoms with Crippen LogP contribution in [0.4, 0.5) is 0 Å². The first-order chi connectivity index (χ1) is 8.16. The van der Waals surface area contributed by atoms with Gasteiger partial charge < -0.3 is 9.47 Å². The quantitative estimate of drug-likeness (QED) is 0.721. The van der Waals surface area contributed by atoms with Crippen molar-refractivity contribution in [3.05, 3.63) is 18.2 Å². The summed E-state index contributed by atoms with van der Waals surface area (Å²) in [7, 11) is 1.93. The summed E-state index contributed by atoms with van der Waals surface area (Å²) in [6, 6.07) is -0.00560. The van der Waals surface area contributed by atoms with Crippen LogP contribution in [0.1, 0.15) is 31.1 Å². The molecular weight excluding hydrogens is 218 g/mol. The number of aromatic nitrogens is 2. The van der Waals surface area contributed by atoms with Crippen molar-refractivity contribution >= 4 is 11.7 Å². The van der Waals surface area contributed by atoms with Crippen molar-refractivity contribution in [2.24, 2.45) is 13.0 Å². The summed E-state index contributed by atoms with van der Waals surface area (Å²) < 4.78 is 1.94. The number of nitrogens with zero attached hydrogens (tertiary/aromatic N) is 3. The van der Waals surface area contributed by atoms with Crippen LogP contribution in [0.3, 0.4) is 0 Å². The zero-order chi connectivity index (χ0) is 12.0. The zero-order valence-corrected chi connectivity index (χ0v) is 9.80. The Bertz CT molecular complexity index is 476. The van der Waals surface area contributed by atoms with Crippen LogP contribution >= 0.6 is 0 Å². The predicted molar refractivity (Wildman–Crippen MR) is 60.0 cm³/mol. The van der Waals surface area contributed by atoms with Crippen molar-refractivity contribution in [2.45, 2.75) is 25.3 Å². The van der Waals surface area contributed by atoms with Crippen LogP contribution in [0.15, 0.2) is 12.4 Å². The van der Waals surface area contributed by atoms with Crippen LogP contribution in [-0.4, -0.2) is 32.7 Å². The Balaban J connectivity index is 1.93. The number of imidazole rings is 1. The second-order valence-electron chi connectivity index (χ2n) is 4.92. The summed E-state index contributed by atoms with van der Waals surface area (Å²) in [5, 5.41) is 0. The van der Waals surface area contributed by atoms with Gasteiger partial charge in [0, 0.05) is 19.4 Å². The first-order valence-electron chi connectivity index (χ1n) is 5.95. The molecule has 2 fully saturated rings. The fourth-order valence-electron chi connectivity index (χ4n) is 2.54. The molecule has 1 aliphatic carbocycles. The first-order valence-corrected chi connectivity index (χ1v) is 5.95. The lowest BCUT2D eigenvalue weighted by atomic mass is 10.1. The molecule has 1 aromatic heterocycles. The number of carbonyl (C=O) groups excluding carboxylic acids is 2. The molecule has 0 N–H and O–H groups in total. The maximum Gasteiger partial charge on any atom is 0.231 e. The molecule has 1 unspecified atom stereocenters. The fraction of sp³-hybridized carbons (Fsp3) is 0.583. The van der Waals surface area contributed by atoms with Gasteiger partial charge in [0.15, 0.2) is 5.78 Å². The van der Waals surface area contributed by atoms with Gasteiger partial charge in [-0.1, -0.05) is 0 Å². The zero-order valence-electron chi connectivity index (χ0n) is 9.80. The summed E-state index contributed by atoms with van der Waals surface area (Å²) in [5.41, 5.74) is 0. The number of hydrogen-bond acceptors (Lipinski definition) is 3. The molecule has 5 heteroatoms. The van der Waals surface area contributed by atoms with Gasteiger partial charge in [0.05, 0.1) is 19.0 Å². The molecule has 90 valence electrons. The summed E-state index contributed by atoms with van der Waals surface area (Å²) in [6.45, 7) is 0.257. The molecule has 1 atom stereocenters. The van der Waals surface area contributed by atoms with Crippen LogP contribution in [0, 0.1) is 5.92 Å². The van der Waals surface area contributed by atoms with E-state index in [9.17, 15) is 9.59 Å². The second kappa shape index (κ2) is 3.68. The Hall–Kier alpha value is -1.65. The van der Waals surface area contributed by atoms with E-state index < -0.39 is 0 Å². The second-order valence-corrected chi connectivity index (χ2v) is 4.92. The van der Waals surface area contributed by atoms with Gasteiger partial charge in [-0.15, -0.1) is 0 Å². The SMILES string of the molecule is Cn1ccnc1C(C1CC1)N1CC(=O)CC1=O. The Kier molecular flexibility index (Phi) is 2.28. The van der Waals surface area contributed by atoms with Gasteiger partial charge in [-0.3, -0.25) is 9.59 Å². The third-order valence-corrected chi connectivity index (χ3v) is 3.54. The van der Waals surface area contributed by atoms with Crippen LogP contribution < -0.4 is 0 Å². The summed E-state index contributed by atoms with van der Waals surface area (Å²) in [6.07, 6.45) is 5.93. The molecule has 1 saturated heterocycles. The summed E-state index contributed by atoms with van der Waals surface area (Å²) in [4.78, 5) is 29.3. The molecule has 1 aliphatic heterocycles. The third kappa shape index (κ3) is 1.75. The van der Waals surface area contributed by atoms with E-state index in [0.717, 1.165) is 18.7 Å².